The SMILES string of the molecule is CCC(NC(=O)c1sccc1/C=C/C(=O)O)c1ncc[nH]1. The Kier molecular flexibility index (Phi) is 4.89. The van der Waals surface area contributed by atoms with E-state index in [1.165, 1.54) is 17.4 Å². The standard InChI is InChI=1S/C14H15N3O3S/c1-2-10(13-15-6-7-16-13)17-14(20)12-9(5-8-21-12)3-4-11(18)19/h3-8,10H,2H2,1H3,(H,15,16)(H,17,20)(H,18,19)/b4-3+. The highest BCUT2D eigenvalue weighted by molar-refractivity contribution is 7.12. The predicted molar refractivity (Wildman–Crippen MR) is 80.1 cm³/mol. The van der Waals surface area contributed by atoms with Gasteiger partial charge in [0.25, 0.3) is 5.91 Å². The van der Waals surface area contributed by atoms with E-state index in [0.29, 0.717) is 22.7 Å². The number of aliphatic carboxylic acids is 1. The fourth-order valence-electron chi connectivity index (χ4n) is 1.85. The molecule has 2 rings (SSSR count). The Morgan fingerprint density at radius 1 is 1.57 bits per heavy atom. The van der Waals surface area contributed by atoms with Crippen molar-refractivity contribution < 1.29 is 14.7 Å². The van der Waals surface area contributed by atoms with Crippen molar-refractivity contribution in [3.8, 4) is 0 Å². The third kappa shape index (κ3) is 3.79. The van der Waals surface area contributed by atoms with E-state index in [9.17, 15) is 9.59 Å². The van der Waals surface area contributed by atoms with Crippen LogP contribution >= 0.6 is 11.3 Å². The number of rotatable bonds is 6. The van der Waals surface area contributed by atoms with Crippen LogP contribution in [0.3, 0.4) is 0 Å². The second-order valence-electron chi connectivity index (χ2n) is 4.29. The average molecular weight is 305 g/mol. The molecule has 0 aliphatic rings. The van der Waals surface area contributed by atoms with Gasteiger partial charge in [0.05, 0.1) is 10.9 Å². The molecule has 3 N–H and O–H groups in total. The number of amides is 1. The number of hydrogen-bond acceptors (Lipinski definition) is 4. The fraction of sp³-hybridized carbons (Fsp3) is 0.214. The fourth-order valence-corrected chi connectivity index (χ4v) is 2.64. The van der Waals surface area contributed by atoms with Crippen LogP contribution in [0.15, 0.2) is 29.9 Å². The van der Waals surface area contributed by atoms with Gasteiger partial charge in [0.1, 0.15) is 5.82 Å². The minimum Gasteiger partial charge on any atom is -0.478 e. The molecule has 21 heavy (non-hydrogen) atoms. The zero-order valence-corrected chi connectivity index (χ0v) is 12.2. The lowest BCUT2D eigenvalue weighted by molar-refractivity contribution is -0.131. The maximum atomic E-state index is 12.3. The molecular weight excluding hydrogens is 290 g/mol. The van der Waals surface area contributed by atoms with Crippen molar-refractivity contribution in [1.82, 2.24) is 15.3 Å². The third-order valence-electron chi connectivity index (χ3n) is 2.87. The summed E-state index contributed by atoms with van der Waals surface area (Å²) in [5.41, 5.74) is 0.592. The summed E-state index contributed by atoms with van der Waals surface area (Å²) in [5, 5.41) is 13.3. The van der Waals surface area contributed by atoms with Crippen LogP contribution in [-0.2, 0) is 4.79 Å². The molecule has 1 unspecified atom stereocenters. The number of thiophene rings is 1. The van der Waals surface area contributed by atoms with Crippen LogP contribution in [0.5, 0.6) is 0 Å². The molecular formula is C14H15N3O3S. The number of carbonyl (C=O) groups is 2. The van der Waals surface area contributed by atoms with E-state index in [1.54, 1.807) is 23.8 Å². The number of imidazole rings is 1. The molecule has 2 heterocycles. The van der Waals surface area contributed by atoms with Gasteiger partial charge in [0.15, 0.2) is 0 Å². The molecule has 2 aromatic heterocycles. The first kappa shape index (κ1) is 15.0. The molecule has 6 nitrogen and oxygen atoms in total. The molecule has 1 atom stereocenters. The van der Waals surface area contributed by atoms with Crippen LogP contribution in [0.1, 0.15) is 40.4 Å². The van der Waals surface area contributed by atoms with Crippen molar-refractivity contribution in [2.24, 2.45) is 0 Å². The first-order valence-electron chi connectivity index (χ1n) is 6.40. The van der Waals surface area contributed by atoms with Gasteiger partial charge in [-0.05, 0) is 29.5 Å². The van der Waals surface area contributed by atoms with E-state index in [1.807, 2.05) is 6.92 Å². The molecule has 0 aliphatic carbocycles. The molecule has 1 amide bonds. The molecule has 2 aromatic rings. The summed E-state index contributed by atoms with van der Waals surface area (Å²) in [6.45, 7) is 1.95. The molecule has 0 saturated carbocycles. The molecule has 110 valence electrons. The lowest BCUT2D eigenvalue weighted by Crippen LogP contribution is -2.28. The van der Waals surface area contributed by atoms with Gasteiger partial charge in [-0.3, -0.25) is 4.79 Å². The number of carboxylic acid groups (broad SMARTS) is 1. The number of carbonyl (C=O) groups excluding carboxylic acids is 1. The minimum atomic E-state index is -1.05. The smallest absolute Gasteiger partial charge is 0.328 e. The number of nitrogens with zero attached hydrogens (tertiary/aromatic N) is 1. The van der Waals surface area contributed by atoms with Gasteiger partial charge in [-0.2, -0.15) is 0 Å². The maximum Gasteiger partial charge on any atom is 0.328 e. The summed E-state index contributed by atoms with van der Waals surface area (Å²) in [6.07, 6.45) is 6.47. The Morgan fingerprint density at radius 3 is 3.00 bits per heavy atom. The van der Waals surface area contributed by atoms with Gasteiger partial charge in [0.2, 0.25) is 0 Å². The van der Waals surface area contributed by atoms with Crippen LogP contribution in [-0.4, -0.2) is 27.0 Å². The lowest BCUT2D eigenvalue weighted by Gasteiger charge is -2.14. The summed E-state index contributed by atoms with van der Waals surface area (Å²) in [6, 6.07) is 1.51. The molecule has 0 spiro atoms. The van der Waals surface area contributed by atoms with Gasteiger partial charge in [-0.25, -0.2) is 9.78 Å². The lowest BCUT2D eigenvalue weighted by atomic mass is 10.2. The van der Waals surface area contributed by atoms with Crippen LogP contribution in [0.2, 0.25) is 0 Å². The van der Waals surface area contributed by atoms with Crippen molar-refractivity contribution in [1.29, 1.82) is 0 Å². The second kappa shape index (κ2) is 6.85. The number of hydrogen-bond donors (Lipinski definition) is 3. The topological polar surface area (TPSA) is 95.1 Å². The minimum absolute atomic E-state index is 0.203. The summed E-state index contributed by atoms with van der Waals surface area (Å²) in [5.74, 6) is -0.585. The molecule has 0 saturated heterocycles. The van der Waals surface area contributed by atoms with Crippen LogP contribution in [0.25, 0.3) is 6.08 Å². The number of carboxylic acids is 1. The highest BCUT2D eigenvalue weighted by Gasteiger charge is 2.18. The highest BCUT2D eigenvalue weighted by atomic mass is 32.1. The van der Waals surface area contributed by atoms with Crippen molar-refractivity contribution in [3.05, 3.63) is 46.2 Å². The Balaban J connectivity index is 2.13. The maximum absolute atomic E-state index is 12.3. The Labute approximate surface area is 125 Å². The predicted octanol–water partition coefficient (Wildman–Crippen LogP) is 2.45. The number of aromatic nitrogens is 2. The normalized spacial score (nSPS) is 12.4. The molecule has 0 bridgehead atoms. The molecule has 0 radical (unpaired) electrons. The van der Waals surface area contributed by atoms with E-state index >= 15 is 0 Å². The van der Waals surface area contributed by atoms with Crippen LogP contribution in [0, 0.1) is 0 Å². The van der Waals surface area contributed by atoms with Gasteiger partial charge in [-0.1, -0.05) is 6.92 Å². The first-order chi connectivity index (χ1) is 10.1. The highest BCUT2D eigenvalue weighted by Crippen LogP contribution is 2.20. The van der Waals surface area contributed by atoms with Crippen molar-refractivity contribution in [2.75, 3.05) is 0 Å². The van der Waals surface area contributed by atoms with Gasteiger partial charge < -0.3 is 15.4 Å². The van der Waals surface area contributed by atoms with E-state index in [2.05, 4.69) is 15.3 Å². The Hall–Kier alpha value is -2.41. The number of H-pyrrole nitrogens is 1. The Morgan fingerprint density at radius 2 is 2.38 bits per heavy atom. The van der Waals surface area contributed by atoms with Gasteiger partial charge >= 0.3 is 5.97 Å². The molecule has 0 aliphatic heterocycles. The largest absolute Gasteiger partial charge is 0.478 e. The third-order valence-corrected chi connectivity index (χ3v) is 3.80. The second-order valence-corrected chi connectivity index (χ2v) is 5.20. The van der Waals surface area contributed by atoms with E-state index in [4.69, 9.17) is 5.11 Å². The first-order valence-corrected chi connectivity index (χ1v) is 7.28. The van der Waals surface area contributed by atoms with Crippen molar-refractivity contribution in [2.45, 2.75) is 19.4 Å². The zero-order chi connectivity index (χ0) is 15.2. The molecule has 0 fully saturated rings. The number of nitrogens with one attached hydrogen (secondary N) is 2. The molecule has 7 heteroatoms. The van der Waals surface area contributed by atoms with E-state index in [0.717, 1.165) is 6.08 Å². The summed E-state index contributed by atoms with van der Waals surface area (Å²) in [4.78, 5) is 30.5. The van der Waals surface area contributed by atoms with Crippen molar-refractivity contribution in [3.63, 3.8) is 0 Å². The Bertz CT molecular complexity index is 646. The van der Waals surface area contributed by atoms with Crippen LogP contribution < -0.4 is 5.32 Å². The number of aromatic amines is 1. The summed E-state index contributed by atoms with van der Waals surface area (Å²) < 4.78 is 0. The van der Waals surface area contributed by atoms with E-state index < -0.39 is 5.97 Å². The molecule has 0 aromatic carbocycles. The summed E-state index contributed by atoms with van der Waals surface area (Å²) in [7, 11) is 0. The monoisotopic (exact) mass is 305 g/mol. The van der Waals surface area contributed by atoms with Gasteiger partial charge in [-0.15, -0.1) is 11.3 Å². The zero-order valence-electron chi connectivity index (χ0n) is 11.4. The summed E-state index contributed by atoms with van der Waals surface area (Å²) >= 11 is 1.27. The van der Waals surface area contributed by atoms with Gasteiger partial charge in [0, 0.05) is 18.5 Å². The van der Waals surface area contributed by atoms with Crippen molar-refractivity contribution >= 4 is 29.3 Å². The van der Waals surface area contributed by atoms with Crippen LogP contribution in [0.4, 0.5) is 0 Å². The average Bonchev–Trinajstić information content (AvgIpc) is 3.12. The van der Waals surface area contributed by atoms with E-state index in [-0.39, 0.29) is 11.9 Å². The quantitative estimate of drug-likeness (QED) is 0.714.